The summed E-state index contributed by atoms with van der Waals surface area (Å²) in [5, 5.41) is 3.37. The lowest BCUT2D eigenvalue weighted by atomic mass is 9.98. The maximum atomic E-state index is 6.04. The monoisotopic (exact) mass is 297 g/mol. The van der Waals surface area contributed by atoms with Gasteiger partial charge in [-0.05, 0) is 61.6 Å². The predicted octanol–water partition coefficient (Wildman–Crippen LogP) is 3.99. The molecule has 1 aliphatic rings. The number of aromatic nitrogens is 1. The highest BCUT2D eigenvalue weighted by Gasteiger charge is 2.14. The van der Waals surface area contributed by atoms with Gasteiger partial charge in [0.05, 0.1) is 18.0 Å². The average molecular weight is 297 g/mol. The van der Waals surface area contributed by atoms with Crippen LogP contribution >= 0.6 is 0 Å². The van der Waals surface area contributed by atoms with Crippen LogP contribution in [0.5, 0.6) is 5.75 Å². The third kappa shape index (κ3) is 3.91. The van der Waals surface area contributed by atoms with Crippen molar-refractivity contribution in [2.24, 2.45) is 0 Å². The molecule has 0 unspecified atom stereocenters. The molecule has 1 saturated carbocycles. The molecule has 1 heterocycles. The molecule has 3 N–H and O–H groups in total. The topological polar surface area (TPSA) is 60.2 Å². The molecule has 0 amide bonds. The summed E-state index contributed by atoms with van der Waals surface area (Å²) in [5.41, 5.74) is 8.72. The first-order valence-corrected chi connectivity index (χ1v) is 8.00. The zero-order valence-corrected chi connectivity index (χ0v) is 12.8. The molecular weight excluding hydrogens is 274 g/mol. The summed E-state index contributed by atoms with van der Waals surface area (Å²) >= 11 is 0. The first-order valence-electron chi connectivity index (χ1n) is 8.00. The van der Waals surface area contributed by atoms with Crippen LogP contribution in [0.15, 0.2) is 42.7 Å². The molecule has 1 fully saturated rings. The largest absolute Gasteiger partial charge is 0.490 e. The number of ether oxygens (including phenoxy) is 1. The Morgan fingerprint density at radius 1 is 1.09 bits per heavy atom. The molecule has 0 aliphatic heterocycles. The van der Waals surface area contributed by atoms with Crippen molar-refractivity contribution in [3.05, 3.63) is 48.3 Å². The summed E-state index contributed by atoms with van der Waals surface area (Å²) in [6.07, 6.45) is 10.1. The van der Waals surface area contributed by atoms with Gasteiger partial charge in [-0.3, -0.25) is 4.98 Å². The summed E-state index contributed by atoms with van der Waals surface area (Å²) in [6, 6.07) is 10.1. The highest BCUT2D eigenvalue weighted by molar-refractivity contribution is 5.50. The van der Waals surface area contributed by atoms with Crippen LogP contribution in [-0.4, -0.2) is 11.1 Å². The Kier molecular flexibility index (Phi) is 4.78. The van der Waals surface area contributed by atoms with Crippen molar-refractivity contribution in [2.45, 2.75) is 44.8 Å². The Bertz CT molecular complexity index is 592. The molecular formula is C18H23N3O. The number of pyridine rings is 1. The van der Waals surface area contributed by atoms with Crippen molar-refractivity contribution in [2.75, 3.05) is 11.1 Å². The lowest BCUT2D eigenvalue weighted by Crippen LogP contribution is -2.19. The van der Waals surface area contributed by atoms with E-state index in [4.69, 9.17) is 10.5 Å². The molecule has 22 heavy (non-hydrogen) atoms. The Hall–Kier alpha value is -2.23. The second-order valence-electron chi connectivity index (χ2n) is 5.83. The van der Waals surface area contributed by atoms with E-state index in [9.17, 15) is 0 Å². The fraction of sp³-hybridized carbons (Fsp3) is 0.389. The minimum absolute atomic E-state index is 0.393. The van der Waals surface area contributed by atoms with Crippen molar-refractivity contribution in [3.8, 4) is 5.75 Å². The van der Waals surface area contributed by atoms with E-state index in [1.54, 1.807) is 12.4 Å². The molecule has 3 rings (SSSR count). The number of nitrogens with two attached hydrogens (primary N) is 1. The Morgan fingerprint density at radius 3 is 2.59 bits per heavy atom. The van der Waals surface area contributed by atoms with Gasteiger partial charge in [0, 0.05) is 18.4 Å². The number of hydrogen-bond donors (Lipinski definition) is 2. The second kappa shape index (κ2) is 7.16. The molecule has 4 nitrogen and oxygen atoms in total. The van der Waals surface area contributed by atoms with Gasteiger partial charge >= 0.3 is 0 Å². The van der Waals surface area contributed by atoms with Crippen molar-refractivity contribution in [3.63, 3.8) is 0 Å². The molecule has 1 aromatic carbocycles. The molecule has 2 aromatic rings. The second-order valence-corrected chi connectivity index (χ2v) is 5.83. The van der Waals surface area contributed by atoms with Gasteiger partial charge in [0.1, 0.15) is 5.75 Å². The smallest absolute Gasteiger partial charge is 0.119 e. The summed E-state index contributed by atoms with van der Waals surface area (Å²) < 4.78 is 6.04. The summed E-state index contributed by atoms with van der Waals surface area (Å²) in [6.45, 7) is 0.692. The first kappa shape index (κ1) is 14.7. The Labute approximate surface area is 131 Å². The standard InChI is InChI=1S/C18H23N3O/c19-18-13-20-11-10-14(18)12-21-15-6-8-17(9-7-15)22-16-4-2-1-3-5-16/h6-11,13,16,21H,1-5,12,19H2. The summed E-state index contributed by atoms with van der Waals surface area (Å²) in [7, 11) is 0. The molecule has 0 atom stereocenters. The average Bonchev–Trinajstić information content (AvgIpc) is 2.56. The van der Waals surface area contributed by atoms with Gasteiger partial charge in [0.15, 0.2) is 0 Å². The van der Waals surface area contributed by atoms with Crippen LogP contribution in [0.25, 0.3) is 0 Å². The normalized spacial score (nSPS) is 15.5. The number of nitrogens with one attached hydrogen (secondary N) is 1. The van der Waals surface area contributed by atoms with Crippen LogP contribution in [0.4, 0.5) is 11.4 Å². The highest BCUT2D eigenvalue weighted by atomic mass is 16.5. The highest BCUT2D eigenvalue weighted by Crippen LogP contribution is 2.24. The number of nitrogen functional groups attached to an aromatic ring is 1. The number of nitrogens with zero attached hydrogens (tertiary/aromatic N) is 1. The number of rotatable bonds is 5. The fourth-order valence-corrected chi connectivity index (χ4v) is 2.82. The van der Waals surface area contributed by atoms with Crippen molar-refractivity contribution in [1.82, 2.24) is 4.98 Å². The number of hydrogen-bond acceptors (Lipinski definition) is 4. The molecule has 1 aromatic heterocycles. The third-order valence-electron chi connectivity index (χ3n) is 4.14. The molecule has 4 heteroatoms. The maximum Gasteiger partial charge on any atom is 0.119 e. The zero-order chi connectivity index (χ0) is 15.2. The van der Waals surface area contributed by atoms with E-state index in [-0.39, 0.29) is 0 Å². The molecule has 0 radical (unpaired) electrons. The Morgan fingerprint density at radius 2 is 1.86 bits per heavy atom. The quantitative estimate of drug-likeness (QED) is 0.876. The van der Waals surface area contributed by atoms with Gasteiger partial charge in [-0.25, -0.2) is 0 Å². The van der Waals surface area contributed by atoms with E-state index < -0.39 is 0 Å². The summed E-state index contributed by atoms with van der Waals surface area (Å²) in [4.78, 5) is 4.00. The van der Waals surface area contributed by atoms with Gasteiger partial charge in [-0.2, -0.15) is 0 Å². The molecule has 0 bridgehead atoms. The molecule has 0 saturated heterocycles. The van der Waals surface area contributed by atoms with Gasteiger partial charge in [0.25, 0.3) is 0 Å². The molecule has 0 spiro atoms. The lowest BCUT2D eigenvalue weighted by molar-refractivity contribution is 0.155. The van der Waals surface area contributed by atoms with Gasteiger partial charge in [-0.15, -0.1) is 0 Å². The Balaban J connectivity index is 1.54. The predicted molar refractivity (Wildman–Crippen MR) is 89.9 cm³/mol. The molecule has 1 aliphatic carbocycles. The van der Waals surface area contributed by atoms with Crippen molar-refractivity contribution in [1.29, 1.82) is 0 Å². The van der Waals surface area contributed by atoms with E-state index in [1.165, 1.54) is 32.1 Å². The van der Waals surface area contributed by atoms with E-state index in [2.05, 4.69) is 22.4 Å². The van der Waals surface area contributed by atoms with Crippen LogP contribution in [0.1, 0.15) is 37.7 Å². The number of anilines is 2. The first-order chi connectivity index (χ1) is 10.8. The molecule has 116 valence electrons. The fourth-order valence-electron chi connectivity index (χ4n) is 2.82. The van der Waals surface area contributed by atoms with E-state index in [0.29, 0.717) is 18.3 Å². The summed E-state index contributed by atoms with van der Waals surface area (Å²) in [5.74, 6) is 0.959. The van der Waals surface area contributed by atoms with Gasteiger partial charge < -0.3 is 15.8 Å². The zero-order valence-electron chi connectivity index (χ0n) is 12.8. The minimum atomic E-state index is 0.393. The van der Waals surface area contributed by atoms with Crippen LogP contribution < -0.4 is 15.8 Å². The van der Waals surface area contributed by atoms with Crippen LogP contribution in [-0.2, 0) is 6.54 Å². The van der Waals surface area contributed by atoms with Crippen LogP contribution in [0.2, 0.25) is 0 Å². The lowest BCUT2D eigenvalue weighted by Gasteiger charge is -2.23. The van der Waals surface area contributed by atoms with Crippen LogP contribution in [0.3, 0.4) is 0 Å². The van der Waals surface area contributed by atoms with E-state index in [0.717, 1.165) is 17.0 Å². The number of benzene rings is 1. The third-order valence-corrected chi connectivity index (χ3v) is 4.14. The maximum absolute atomic E-state index is 6.04. The van der Waals surface area contributed by atoms with Gasteiger partial charge in [-0.1, -0.05) is 6.42 Å². The SMILES string of the molecule is Nc1cnccc1CNc1ccc(OC2CCCCC2)cc1. The van der Waals surface area contributed by atoms with E-state index in [1.807, 2.05) is 18.2 Å². The van der Waals surface area contributed by atoms with Gasteiger partial charge in [0.2, 0.25) is 0 Å². The van der Waals surface area contributed by atoms with Crippen LogP contribution in [0, 0.1) is 0 Å². The van der Waals surface area contributed by atoms with Crippen molar-refractivity contribution < 1.29 is 4.74 Å². The van der Waals surface area contributed by atoms with E-state index >= 15 is 0 Å². The minimum Gasteiger partial charge on any atom is -0.490 e. The van der Waals surface area contributed by atoms with Crippen molar-refractivity contribution >= 4 is 11.4 Å².